The average Bonchev–Trinajstić information content (AvgIpc) is 2.00. The second-order valence-corrected chi connectivity index (χ2v) is 5.57. The van der Waals surface area contributed by atoms with Crippen LogP contribution >= 0.6 is 0 Å². The van der Waals surface area contributed by atoms with E-state index in [9.17, 15) is 16.8 Å². The number of hydrogen-bond donors (Lipinski definition) is 2. The van der Waals surface area contributed by atoms with Gasteiger partial charge in [-0.25, -0.2) is 0 Å². The summed E-state index contributed by atoms with van der Waals surface area (Å²) in [5.74, 6) is 0. The van der Waals surface area contributed by atoms with Crippen LogP contribution in [-0.4, -0.2) is 25.9 Å². The molecule has 0 aliphatic carbocycles. The van der Waals surface area contributed by atoms with Crippen molar-refractivity contribution in [1.82, 2.24) is 0 Å². The van der Waals surface area contributed by atoms with Crippen LogP contribution in [0.2, 0.25) is 0 Å². The number of benzene rings is 1. The van der Waals surface area contributed by atoms with Gasteiger partial charge < -0.3 is 0 Å². The minimum atomic E-state index is -4.70. The molecule has 15 heavy (non-hydrogen) atoms. The zero-order valence-electron chi connectivity index (χ0n) is 7.50. The quantitative estimate of drug-likeness (QED) is 0.731. The van der Waals surface area contributed by atoms with Gasteiger partial charge in [-0.1, -0.05) is 0 Å². The number of aryl methyl sites for hydroxylation is 1. The first kappa shape index (κ1) is 12.1. The van der Waals surface area contributed by atoms with E-state index in [1.165, 1.54) is 6.92 Å². The molecule has 0 saturated carbocycles. The van der Waals surface area contributed by atoms with Gasteiger partial charge in [0.15, 0.2) is 0 Å². The number of rotatable bonds is 2. The van der Waals surface area contributed by atoms with Gasteiger partial charge in [-0.05, 0) is 30.7 Å². The Morgan fingerprint density at radius 2 is 1.53 bits per heavy atom. The van der Waals surface area contributed by atoms with E-state index in [2.05, 4.69) is 6.07 Å². The first-order valence-electron chi connectivity index (χ1n) is 3.59. The normalized spacial score (nSPS) is 12.7. The third kappa shape index (κ3) is 2.75. The van der Waals surface area contributed by atoms with Gasteiger partial charge in [0.25, 0.3) is 20.2 Å². The summed E-state index contributed by atoms with van der Waals surface area (Å²) >= 11 is 0. The van der Waals surface area contributed by atoms with Crippen molar-refractivity contribution in [2.45, 2.75) is 16.7 Å². The van der Waals surface area contributed by atoms with Crippen LogP contribution in [0.25, 0.3) is 0 Å². The van der Waals surface area contributed by atoms with Crippen LogP contribution in [0, 0.1) is 13.0 Å². The SMILES string of the molecule is Cc1[c]cc(S(=O)(=O)O)c(S(=O)(=O)O)c1. The van der Waals surface area contributed by atoms with Crippen LogP contribution in [-0.2, 0) is 20.2 Å². The third-order valence-corrected chi connectivity index (χ3v) is 3.49. The van der Waals surface area contributed by atoms with Crippen molar-refractivity contribution in [3.63, 3.8) is 0 Å². The van der Waals surface area contributed by atoms with Crippen LogP contribution < -0.4 is 0 Å². The van der Waals surface area contributed by atoms with Crippen LogP contribution in [0.5, 0.6) is 0 Å². The molecule has 6 nitrogen and oxygen atoms in total. The minimum absolute atomic E-state index is 0.315. The highest BCUT2D eigenvalue weighted by Crippen LogP contribution is 2.21. The molecule has 83 valence electrons. The molecule has 0 saturated heterocycles. The lowest BCUT2D eigenvalue weighted by Crippen LogP contribution is -2.08. The summed E-state index contributed by atoms with van der Waals surface area (Å²) in [5, 5.41) is 0. The molecule has 0 unspecified atom stereocenters. The molecule has 0 bridgehead atoms. The Bertz CT molecular complexity index is 584. The van der Waals surface area contributed by atoms with E-state index in [1.54, 1.807) is 0 Å². The summed E-state index contributed by atoms with van der Waals surface area (Å²) in [7, 11) is -9.40. The van der Waals surface area contributed by atoms with Crippen LogP contribution in [0.1, 0.15) is 5.56 Å². The Labute approximate surface area is 87.1 Å². The molecule has 8 heteroatoms. The van der Waals surface area contributed by atoms with Crippen LogP contribution in [0.4, 0.5) is 0 Å². The first-order valence-corrected chi connectivity index (χ1v) is 6.47. The lowest BCUT2D eigenvalue weighted by atomic mass is 10.2. The molecule has 0 amide bonds. The lowest BCUT2D eigenvalue weighted by molar-refractivity contribution is 0.466. The average molecular weight is 251 g/mol. The fourth-order valence-corrected chi connectivity index (χ4v) is 2.75. The highest BCUT2D eigenvalue weighted by Gasteiger charge is 2.23. The van der Waals surface area contributed by atoms with E-state index < -0.39 is 30.0 Å². The zero-order valence-corrected chi connectivity index (χ0v) is 9.13. The predicted octanol–water partition coefficient (Wildman–Crippen LogP) is 0.289. The second-order valence-electron chi connectivity index (χ2n) is 2.79. The predicted molar refractivity (Wildman–Crippen MR) is 49.6 cm³/mol. The molecule has 1 aromatic carbocycles. The summed E-state index contributed by atoms with van der Waals surface area (Å²) in [6, 6.07) is 4.09. The standard InChI is InChI=1S/C7H7O6S2/c1-5-2-3-6(14(8,9)10)7(4-5)15(11,12)13/h3-4H,1H3,(H,8,9,10)(H,11,12,13). The van der Waals surface area contributed by atoms with Crippen molar-refractivity contribution < 1.29 is 25.9 Å². The summed E-state index contributed by atoms with van der Waals surface area (Å²) in [5.41, 5.74) is 0.315. The molecule has 0 aromatic heterocycles. The summed E-state index contributed by atoms with van der Waals surface area (Å²) < 4.78 is 60.6. The third-order valence-electron chi connectivity index (χ3n) is 1.58. The van der Waals surface area contributed by atoms with E-state index in [0.717, 1.165) is 12.1 Å². The van der Waals surface area contributed by atoms with E-state index in [-0.39, 0.29) is 0 Å². The zero-order chi connectivity index (χ0) is 11.9. The fraction of sp³-hybridized carbons (Fsp3) is 0.143. The van der Waals surface area contributed by atoms with Gasteiger partial charge in [0.2, 0.25) is 0 Å². The molecule has 0 atom stereocenters. The highest BCUT2D eigenvalue weighted by molar-refractivity contribution is 7.89. The Morgan fingerprint density at radius 3 is 1.93 bits per heavy atom. The molecule has 0 aliphatic heterocycles. The van der Waals surface area contributed by atoms with Crippen molar-refractivity contribution >= 4 is 20.2 Å². The maximum Gasteiger partial charge on any atom is 0.295 e. The molecule has 1 aromatic rings. The molecular weight excluding hydrogens is 244 g/mol. The Morgan fingerprint density at radius 1 is 1.07 bits per heavy atom. The Kier molecular flexibility index (Phi) is 2.88. The van der Waals surface area contributed by atoms with Gasteiger partial charge >= 0.3 is 0 Å². The van der Waals surface area contributed by atoms with Crippen molar-refractivity contribution in [2.24, 2.45) is 0 Å². The maximum atomic E-state index is 10.8. The van der Waals surface area contributed by atoms with E-state index in [1.807, 2.05) is 0 Å². The second kappa shape index (κ2) is 3.56. The number of hydrogen-bond acceptors (Lipinski definition) is 4. The van der Waals surface area contributed by atoms with Crippen LogP contribution in [0.3, 0.4) is 0 Å². The Balaban J connectivity index is 3.71. The van der Waals surface area contributed by atoms with Crippen molar-refractivity contribution in [1.29, 1.82) is 0 Å². The molecule has 0 fully saturated rings. The minimum Gasteiger partial charge on any atom is -0.282 e. The molecule has 1 rings (SSSR count). The van der Waals surface area contributed by atoms with Gasteiger partial charge in [-0.15, -0.1) is 0 Å². The Hall–Kier alpha value is -0.960. The smallest absolute Gasteiger partial charge is 0.282 e. The molecule has 0 spiro atoms. The van der Waals surface area contributed by atoms with Gasteiger partial charge in [0.1, 0.15) is 9.79 Å². The maximum absolute atomic E-state index is 10.8. The van der Waals surface area contributed by atoms with E-state index in [0.29, 0.717) is 5.56 Å². The molecular formula is C7H7O6S2. The monoisotopic (exact) mass is 251 g/mol. The topological polar surface area (TPSA) is 109 Å². The first-order chi connectivity index (χ1) is 6.62. The van der Waals surface area contributed by atoms with Gasteiger partial charge in [0.05, 0.1) is 0 Å². The van der Waals surface area contributed by atoms with Crippen molar-refractivity contribution in [3.05, 3.63) is 23.8 Å². The van der Waals surface area contributed by atoms with Gasteiger partial charge in [0, 0.05) is 0 Å². The summed E-state index contributed by atoms with van der Waals surface area (Å²) in [6.45, 7) is 1.46. The van der Waals surface area contributed by atoms with E-state index >= 15 is 0 Å². The van der Waals surface area contributed by atoms with Crippen molar-refractivity contribution in [2.75, 3.05) is 0 Å². The molecule has 0 aliphatic rings. The highest BCUT2D eigenvalue weighted by atomic mass is 32.2. The van der Waals surface area contributed by atoms with Crippen molar-refractivity contribution in [3.8, 4) is 0 Å². The molecule has 1 radical (unpaired) electrons. The lowest BCUT2D eigenvalue weighted by Gasteiger charge is -2.04. The summed E-state index contributed by atoms with van der Waals surface area (Å²) in [6.07, 6.45) is 0. The molecule has 2 N–H and O–H groups in total. The fourth-order valence-electron chi connectivity index (χ4n) is 0.963. The van der Waals surface area contributed by atoms with Gasteiger partial charge in [-0.2, -0.15) is 16.8 Å². The summed E-state index contributed by atoms with van der Waals surface area (Å²) in [4.78, 5) is -1.75. The van der Waals surface area contributed by atoms with E-state index in [4.69, 9.17) is 9.11 Å². The largest absolute Gasteiger partial charge is 0.295 e. The van der Waals surface area contributed by atoms with Crippen LogP contribution in [0.15, 0.2) is 21.9 Å². The van der Waals surface area contributed by atoms with Gasteiger partial charge in [-0.3, -0.25) is 9.11 Å². The molecule has 0 heterocycles.